The summed E-state index contributed by atoms with van der Waals surface area (Å²) in [5.74, 6) is 0.732. The molecule has 1 amide bonds. The minimum atomic E-state index is -0.0933. The van der Waals surface area contributed by atoms with E-state index in [9.17, 15) is 4.79 Å². The van der Waals surface area contributed by atoms with Crippen molar-refractivity contribution in [2.45, 2.75) is 27.3 Å². The van der Waals surface area contributed by atoms with Crippen molar-refractivity contribution in [3.05, 3.63) is 71.1 Å². The number of carbonyl (C=O) groups is 1. The molecule has 0 unspecified atom stereocenters. The van der Waals surface area contributed by atoms with Crippen LogP contribution in [0.15, 0.2) is 42.7 Å². The lowest BCUT2D eigenvalue weighted by atomic mass is 10.1. The minimum Gasteiger partial charge on any atom is -0.345 e. The molecule has 24 heavy (non-hydrogen) atoms. The van der Waals surface area contributed by atoms with Crippen LogP contribution in [0.2, 0.25) is 0 Å². The number of aromatic nitrogens is 3. The zero-order valence-corrected chi connectivity index (χ0v) is 14.5. The van der Waals surface area contributed by atoms with Crippen molar-refractivity contribution in [2.75, 3.05) is 0 Å². The second kappa shape index (κ2) is 6.35. The molecule has 0 saturated carbocycles. The van der Waals surface area contributed by atoms with Gasteiger partial charge in [0.25, 0.3) is 5.91 Å². The summed E-state index contributed by atoms with van der Waals surface area (Å²) in [5.41, 5.74) is 4.84. The quantitative estimate of drug-likeness (QED) is 0.802. The van der Waals surface area contributed by atoms with Crippen LogP contribution in [0, 0.1) is 20.8 Å². The summed E-state index contributed by atoms with van der Waals surface area (Å²) >= 11 is 0. The summed E-state index contributed by atoms with van der Waals surface area (Å²) in [6, 6.07) is 10.1. The van der Waals surface area contributed by atoms with E-state index in [1.165, 1.54) is 0 Å². The topological polar surface area (TPSA) is 51.9 Å². The van der Waals surface area contributed by atoms with Gasteiger partial charge in [0.2, 0.25) is 0 Å². The average molecular weight is 322 g/mol. The third-order valence-electron chi connectivity index (χ3n) is 4.24. The number of carbonyl (C=O) groups excluding carboxylic acids is 1. The first-order valence-electron chi connectivity index (χ1n) is 7.97. The Bertz CT molecular complexity index is 869. The summed E-state index contributed by atoms with van der Waals surface area (Å²) in [6.07, 6.45) is 3.60. The first-order chi connectivity index (χ1) is 11.5. The number of nitrogens with one attached hydrogen (secondary N) is 1. The molecule has 124 valence electrons. The predicted molar refractivity (Wildman–Crippen MR) is 94.4 cm³/mol. The molecule has 2 aromatic heterocycles. The lowest BCUT2D eigenvalue weighted by Crippen LogP contribution is -2.26. The number of imidazole rings is 1. The standard InChI is InChI=1S/C19H22N4O/c1-13-5-8-17(23-14(2)6-7-15(23)3)16(11-13)19(24)21-12-18-20-9-10-22(18)4/h5-11H,12H2,1-4H3,(H,21,24). The van der Waals surface area contributed by atoms with Crippen LogP contribution in [0.3, 0.4) is 0 Å². The van der Waals surface area contributed by atoms with E-state index < -0.39 is 0 Å². The molecule has 0 spiro atoms. The highest BCUT2D eigenvalue weighted by Gasteiger charge is 2.16. The first-order valence-corrected chi connectivity index (χ1v) is 7.97. The molecule has 3 aromatic rings. The van der Waals surface area contributed by atoms with Gasteiger partial charge in [-0.3, -0.25) is 4.79 Å². The van der Waals surface area contributed by atoms with Crippen LogP contribution in [-0.2, 0) is 13.6 Å². The van der Waals surface area contributed by atoms with Crippen LogP contribution < -0.4 is 5.32 Å². The van der Waals surface area contributed by atoms with E-state index in [4.69, 9.17) is 0 Å². The number of benzene rings is 1. The Kier molecular flexibility index (Phi) is 4.25. The third kappa shape index (κ3) is 2.97. The molecule has 0 aliphatic rings. The summed E-state index contributed by atoms with van der Waals surface area (Å²) in [5, 5.41) is 2.98. The maximum atomic E-state index is 12.8. The molecule has 0 aliphatic carbocycles. The Balaban J connectivity index is 1.93. The highest BCUT2D eigenvalue weighted by atomic mass is 16.1. The van der Waals surface area contributed by atoms with Crippen molar-refractivity contribution >= 4 is 5.91 Å². The van der Waals surface area contributed by atoms with E-state index in [0.717, 1.165) is 28.5 Å². The van der Waals surface area contributed by atoms with Crippen LogP contribution in [0.5, 0.6) is 0 Å². The van der Waals surface area contributed by atoms with Crippen LogP contribution in [0.25, 0.3) is 5.69 Å². The van der Waals surface area contributed by atoms with Crippen molar-refractivity contribution in [1.82, 2.24) is 19.4 Å². The molecular formula is C19H22N4O. The normalized spacial score (nSPS) is 10.8. The molecule has 3 rings (SSSR count). The van der Waals surface area contributed by atoms with E-state index in [2.05, 4.69) is 27.0 Å². The largest absolute Gasteiger partial charge is 0.345 e. The van der Waals surface area contributed by atoms with Gasteiger partial charge in [-0.2, -0.15) is 0 Å². The third-order valence-corrected chi connectivity index (χ3v) is 4.24. The Hall–Kier alpha value is -2.82. The molecule has 0 radical (unpaired) electrons. The van der Waals surface area contributed by atoms with E-state index in [1.54, 1.807) is 6.20 Å². The summed E-state index contributed by atoms with van der Waals surface area (Å²) in [6.45, 7) is 6.49. The van der Waals surface area contributed by atoms with Gasteiger partial charge in [0, 0.05) is 30.8 Å². The van der Waals surface area contributed by atoms with Crippen molar-refractivity contribution in [3.63, 3.8) is 0 Å². The highest BCUT2D eigenvalue weighted by Crippen LogP contribution is 2.21. The molecule has 0 saturated heterocycles. The number of amides is 1. The second-order valence-corrected chi connectivity index (χ2v) is 6.11. The molecule has 1 N–H and O–H groups in total. The number of rotatable bonds is 4. The van der Waals surface area contributed by atoms with E-state index in [1.807, 2.05) is 56.8 Å². The second-order valence-electron chi connectivity index (χ2n) is 6.11. The molecule has 2 heterocycles. The number of hydrogen-bond donors (Lipinski definition) is 1. The average Bonchev–Trinajstić information content (AvgIpc) is 3.11. The molecule has 0 atom stereocenters. The predicted octanol–water partition coefficient (Wildman–Crippen LogP) is 3.07. The van der Waals surface area contributed by atoms with E-state index in [0.29, 0.717) is 12.1 Å². The monoisotopic (exact) mass is 322 g/mol. The van der Waals surface area contributed by atoms with Gasteiger partial charge < -0.3 is 14.5 Å². The molecule has 1 aromatic carbocycles. The molecule has 0 aliphatic heterocycles. The van der Waals surface area contributed by atoms with Crippen LogP contribution in [0.1, 0.15) is 33.1 Å². The van der Waals surface area contributed by atoms with Crippen molar-refractivity contribution in [3.8, 4) is 5.69 Å². The van der Waals surface area contributed by atoms with Crippen LogP contribution in [0.4, 0.5) is 0 Å². The molecular weight excluding hydrogens is 300 g/mol. The number of aryl methyl sites for hydroxylation is 4. The fourth-order valence-corrected chi connectivity index (χ4v) is 2.90. The lowest BCUT2D eigenvalue weighted by Gasteiger charge is -2.15. The Morgan fingerprint density at radius 2 is 1.83 bits per heavy atom. The van der Waals surface area contributed by atoms with Gasteiger partial charge in [0.15, 0.2) is 0 Å². The molecule has 0 bridgehead atoms. The van der Waals surface area contributed by atoms with Gasteiger partial charge in [-0.25, -0.2) is 4.98 Å². The highest BCUT2D eigenvalue weighted by molar-refractivity contribution is 5.98. The number of nitrogens with zero attached hydrogens (tertiary/aromatic N) is 3. The Morgan fingerprint density at radius 3 is 2.46 bits per heavy atom. The fourth-order valence-electron chi connectivity index (χ4n) is 2.90. The van der Waals surface area contributed by atoms with Crippen LogP contribution >= 0.6 is 0 Å². The zero-order valence-electron chi connectivity index (χ0n) is 14.5. The molecule has 0 fully saturated rings. The molecule has 5 heteroatoms. The van der Waals surface area contributed by atoms with E-state index in [-0.39, 0.29) is 5.91 Å². The summed E-state index contributed by atoms with van der Waals surface area (Å²) in [4.78, 5) is 17.0. The fraction of sp³-hybridized carbons (Fsp3) is 0.263. The van der Waals surface area contributed by atoms with Gasteiger partial charge in [0.1, 0.15) is 5.82 Å². The summed E-state index contributed by atoms with van der Waals surface area (Å²) < 4.78 is 4.01. The van der Waals surface area contributed by atoms with Gasteiger partial charge in [0.05, 0.1) is 17.8 Å². The summed E-state index contributed by atoms with van der Waals surface area (Å²) in [7, 11) is 1.92. The molecule has 5 nitrogen and oxygen atoms in total. The van der Waals surface area contributed by atoms with Gasteiger partial charge in [-0.1, -0.05) is 11.6 Å². The van der Waals surface area contributed by atoms with Crippen LogP contribution in [-0.4, -0.2) is 20.0 Å². The number of hydrogen-bond acceptors (Lipinski definition) is 2. The SMILES string of the molecule is Cc1ccc(-n2c(C)ccc2C)c(C(=O)NCc2nccn2C)c1. The van der Waals surface area contributed by atoms with Gasteiger partial charge >= 0.3 is 0 Å². The van der Waals surface area contributed by atoms with Crippen molar-refractivity contribution in [1.29, 1.82) is 0 Å². The van der Waals surface area contributed by atoms with Gasteiger partial charge in [-0.15, -0.1) is 0 Å². The maximum absolute atomic E-state index is 12.8. The smallest absolute Gasteiger partial charge is 0.253 e. The van der Waals surface area contributed by atoms with Gasteiger partial charge in [-0.05, 0) is 45.0 Å². The van der Waals surface area contributed by atoms with E-state index >= 15 is 0 Å². The lowest BCUT2D eigenvalue weighted by molar-refractivity contribution is 0.0949. The maximum Gasteiger partial charge on any atom is 0.253 e. The minimum absolute atomic E-state index is 0.0933. The van der Waals surface area contributed by atoms with Crippen molar-refractivity contribution in [2.24, 2.45) is 7.05 Å². The Labute approximate surface area is 142 Å². The van der Waals surface area contributed by atoms with Crippen molar-refractivity contribution < 1.29 is 4.79 Å². The zero-order chi connectivity index (χ0) is 17.3. The Morgan fingerprint density at radius 1 is 1.12 bits per heavy atom. The first kappa shape index (κ1) is 16.1.